The van der Waals surface area contributed by atoms with E-state index in [1.54, 1.807) is 34.8 Å². The largest absolute Gasteiger partial charge is 0.326 e. The first-order valence-corrected chi connectivity index (χ1v) is 11.1. The predicted octanol–water partition coefficient (Wildman–Crippen LogP) is 3.96. The minimum absolute atomic E-state index is 0.178. The Balaban J connectivity index is 1.57. The highest BCUT2D eigenvalue weighted by Gasteiger charge is 2.14. The van der Waals surface area contributed by atoms with Crippen LogP contribution in [0.1, 0.15) is 11.8 Å². The fourth-order valence-corrected chi connectivity index (χ4v) is 5.25. The molecule has 26 heavy (non-hydrogen) atoms. The molecule has 3 rings (SSSR count). The van der Waals surface area contributed by atoms with E-state index in [9.17, 15) is 13.2 Å². The summed E-state index contributed by atoms with van der Waals surface area (Å²) in [6.07, 6.45) is 0.638. The zero-order chi connectivity index (χ0) is 18.6. The molecule has 1 aromatic carbocycles. The van der Waals surface area contributed by atoms with Gasteiger partial charge in [0.1, 0.15) is 0 Å². The molecule has 0 spiro atoms. The second-order valence-corrected chi connectivity index (χ2v) is 9.48. The summed E-state index contributed by atoms with van der Waals surface area (Å²) in [6, 6.07) is 14.3. The van der Waals surface area contributed by atoms with Crippen molar-refractivity contribution in [1.29, 1.82) is 0 Å². The molecule has 3 aromatic rings. The molecular formula is C18H18N2O3S3. The van der Waals surface area contributed by atoms with Crippen molar-refractivity contribution >= 4 is 44.3 Å². The predicted molar refractivity (Wildman–Crippen MR) is 107 cm³/mol. The molecule has 136 valence electrons. The lowest BCUT2D eigenvalue weighted by Gasteiger charge is -2.07. The van der Waals surface area contributed by atoms with Gasteiger partial charge in [0, 0.05) is 33.8 Å². The van der Waals surface area contributed by atoms with Crippen LogP contribution in [0.3, 0.4) is 0 Å². The Hall–Kier alpha value is -2.00. The Kier molecular flexibility index (Phi) is 5.87. The van der Waals surface area contributed by atoms with Crippen LogP contribution in [0.5, 0.6) is 0 Å². The van der Waals surface area contributed by atoms with Crippen molar-refractivity contribution in [3.05, 3.63) is 58.8 Å². The SMILES string of the molecule is CC(=O)Nc1ccc(S(=O)(=O)NCCc2ccc(-c3cccs3)s2)cc1. The van der Waals surface area contributed by atoms with Crippen LogP contribution in [-0.4, -0.2) is 20.9 Å². The molecule has 0 radical (unpaired) electrons. The lowest BCUT2D eigenvalue weighted by atomic mass is 10.3. The normalized spacial score (nSPS) is 11.4. The quantitative estimate of drug-likeness (QED) is 0.624. The minimum Gasteiger partial charge on any atom is -0.326 e. The van der Waals surface area contributed by atoms with E-state index >= 15 is 0 Å². The minimum atomic E-state index is -3.57. The molecule has 2 aromatic heterocycles. The van der Waals surface area contributed by atoms with Gasteiger partial charge in [-0.1, -0.05) is 6.07 Å². The number of carbonyl (C=O) groups excluding carboxylic acids is 1. The maximum Gasteiger partial charge on any atom is 0.240 e. The van der Waals surface area contributed by atoms with Gasteiger partial charge in [0.2, 0.25) is 15.9 Å². The van der Waals surface area contributed by atoms with Gasteiger partial charge in [-0.05, 0) is 54.3 Å². The number of nitrogens with one attached hydrogen (secondary N) is 2. The molecular weight excluding hydrogens is 388 g/mol. The fraction of sp³-hybridized carbons (Fsp3) is 0.167. The molecule has 0 saturated carbocycles. The van der Waals surface area contributed by atoms with E-state index in [0.717, 1.165) is 4.88 Å². The van der Waals surface area contributed by atoms with E-state index < -0.39 is 10.0 Å². The van der Waals surface area contributed by atoms with Crippen LogP contribution in [0.4, 0.5) is 5.69 Å². The lowest BCUT2D eigenvalue weighted by Crippen LogP contribution is -2.25. The molecule has 0 saturated heterocycles. The average Bonchev–Trinajstić information content (AvgIpc) is 3.26. The second kappa shape index (κ2) is 8.13. The highest BCUT2D eigenvalue weighted by Crippen LogP contribution is 2.31. The highest BCUT2D eigenvalue weighted by atomic mass is 32.2. The molecule has 8 heteroatoms. The third-order valence-electron chi connectivity index (χ3n) is 3.57. The van der Waals surface area contributed by atoms with E-state index in [1.807, 2.05) is 17.5 Å². The van der Waals surface area contributed by atoms with E-state index in [1.165, 1.54) is 28.8 Å². The van der Waals surface area contributed by atoms with Crippen molar-refractivity contribution in [2.75, 3.05) is 11.9 Å². The van der Waals surface area contributed by atoms with Gasteiger partial charge in [0.05, 0.1) is 4.90 Å². The molecule has 2 heterocycles. The summed E-state index contributed by atoms with van der Waals surface area (Å²) >= 11 is 3.37. The molecule has 0 bridgehead atoms. The van der Waals surface area contributed by atoms with Gasteiger partial charge >= 0.3 is 0 Å². The summed E-state index contributed by atoms with van der Waals surface area (Å²) in [5.41, 5.74) is 0.566. The van der Waals surface area contributed by atoms with Gasteiger partial charge in [-0.3, -0.25) is 4.79 Å². The zero-order valence-corrected chi connectivity index (χ0v) is 16.5. The molecule has 0 aliphatic carbocycles. The first-order valence-electron chi connectivity index (χ1n) is 7.94. The number of thiophene rings is 2. The number of rotatable bonds is 7. The zero-order valence-electron chi connectivity index (χ0n) is 14.1. The van der Waals surface area contributed by atoms with Gasteiger partial charge in [-0.25, -0.2) is 13.1 Å². The summed E-state index contributed by atoms with van der Waals surface area (Å²) in [6.45, 7) is 1.74. The van der Waals surface area contributed by atoms with E-state index in [0.29, 0.717) is 18.7 Å². The summed E-state index contributed by atoms with van der Waals surface area (Å²) in [5.74, 6) is -0.198. The van der Waals surface area contributed by atoms with E-state index in [4.69, 9.17) is 0 Å². The monoisotopic (exact) mass is 406 g/mol. The summed E-state index contributed by atoms with van der Waals surface area (Å²) < 4.78 is 27.3. The van der Waals surface area contributed by atoms with E-state index in [-0.39, 0.29) is 10.8 Å². The smallest absolute Gasteiger partial charge is 0.240 e. The number of anilines is 1. The van der Waals surface area contributed by atoms with Crippen molar-refractivity contribution in [1.82, 2.24) is 4.72 Å². The molecule has 0 unspecified atom stereocenters. The molecule has 2 N–H and O–H groups in total. The molecule has 1 amide bonds. The second-order valence-electron chi connectivity index (χ2n) is 5.60. The molecule has 0 fully saturated rings. The van der Waals surface area contributed by atoms with Crippen LogP contribution in [0.15, 0.2) is 58.8 Å². The number of carbonyl (C=O) groups is 1. The Morgan fingerprint density at radius 3 is 2.46 bits per heavy atom. The van der Waals surface area contributed by atoms with Crippen molar-refractivity contribution < 1.29 is 13.2 Å². The summed E-state index contributed by atoms with van der Waals surface area (Å²) in [5, 5.41) is 4.65. The third kappa shape index (κ3) is 4.79. The van der Waals surface area contributed by atoms with Crippen LogP contribution in [-0.2, 0) is 21.2 Å². The Morgan fingerprint density at radius 2 is 1.81 bits per heavy atom. The number of amides is 1. The standard InChI is InChI=1S/C18H18N2O3S3/c1-13(21)20-14-4-7-16(8-5-14)26(22,23)19-11-10-15-6-9-18(25-15)17-3-2-12-24-17/h2-9,12,19H,10-11H2,1H3,(H,20,21). The van der Waals surface area contributed by atoms with Crippen LogP contribution in [0, 0.1) is 0 Å². The van der Waals surface area contributed by atoms with E-state index in [2.05, 4.69) is 22.2 Å². The van der Waals surface area contributed by atoms with Gasteiger partial charge in [-0.15, -0.1) is 22.7 Å². The van der Waals surface area contributed by atoms with Gasteiger partial charge in [-0.2, -0.15) is 0 Å². The maximum absolute atomic E-state index is 12.4. The van der Waals surface area contributed by atoms with Gasteiger partial charge in [0.25, 0.3) is 0 Å². The maximum atomic E-state index is 12.4. The number of sulfonamides is 1. The van der Waals surface area contributed by atoms with Crippen LogP contribution in [0.2, 0.25) is 0 Å². The lowest BCUT2D eigenvalue weighted by molar-refractivity contribution is -0.114. The number of benzene rings is 1. The molecule has 0 aliphatic heterocycles. The van der Waals surface area contributed by atoms with Crippen LogP contribution < -0.4 is 10.0 Å². The van der Waals surface area contributed by atoms with Crippen molar-refractivity contribution in [2.45, 2.75) is 18.2 Å². The topological polar surface area (TPSA) is 75.3 Å². The van der Waals surface area contributed by atoms with Gasteiger partial charge < -0.3 is 5.32 Å². The number of hydrogen-bond acceptors (Lipinski definition) is 5. The number of hydrogen-bond donors (Lipinski definition) is 2. The average molecular weight is 407 g/mol. The summed E-state index contributed by atoms with van der Waals surface area (Å²) in [4.78, 5) is 14.7. The first-order chi connectivity index (χ1) is 12.4. The molecule has 0 atom stereocenters. The van der Waals surface area contributed by atoms with Crippen LogP contribution >= 0.6 is 22.7 Å². The Bertz CT molecular complexity index is 975. The highest BCUT2D eigenvalue weighted by molar-refractivity contribution is 7.89. The van der Waals surface area contributed by atoms with Crippen molar-refractivity contribution in [3.8, 4) is 9.75 Å². The van der Waals surface area contributed by atoms with Crippen molar-refractivity contribution in [3.63, 3.8) is 0 Å². The van der Waals surface area contributed by atoms with Gasteiger partial charge in [0.15, 0.2) is 0 Å². The third-order valence-corrected chi connectivity index (χ3v) is 7.26. The molecule has 0 aliphatic rings. The van der Waals surface area contributed by atoms with Crippen molar-refractivity contribution in [2.24, 2.45) is 0 Å². The Labute approximate surface area is 160 Å². The fourth-order valence-electron chi connectivity index (χ4n) is 2.38. The summed E-state index contributed by atoms with van der Waals surface area (Å²) in [7, 11) is -3.57. The first kappa shape index (κ1) is 18.8. The molecule has 5 nitrogen and oxygen atoms in total. The Morgan fingerprint density at radius 1 is 1.04 bits per heavy atom. The van der Waals surface area contributed by atoms with Crippen LogP contribution in [0.25, 0.3) is 9.75 Å².